The first-order chi connectivity index (χ1) is 13.5. The Morgan fingerprint density at radius 1 is 0.929 bits per heavy atom. The number of carbonyl (C=O) groups is 1. The number of carbonyl (C=O) groups excluding carboxylic acids is 1. The molecule has 0 radical (unpaired) electrons. The molecular formula is C21H22N4O3. The molecule has 1 amide bonds. The summed E-state index contributed by atoms with van der Waals surface area (Å²) in [6.45, 7) is 3.73. The van der Waals surface area contributed by atoms with Gasteiger partial charge in [0.25, 0.3) is 5.91 Å². The third-order valence-corrected chi connectivity index (χ3v) is 3.83. The predicted molar refractivity (Wildman–Crippen MR) is 108 cm³/mol. The SMILES string of the molecule is COc1ccccc1OCC(=O)Nc1ccc(Nc2nc(C)cc(C)n2)cc1. The van der Waals surface area contributed by atoms with E-state index in [9.17, 15) is 4.79 Å². The fraction of sp³-hybridized carbons (Fsp3) is 0.190. The van der Waals surface area contributed by atoms with Crippen molar-refractivity contribution >= 4 is 23.2 Å². The number of anilines is 3. The minimum Gasteiger partial charge on any atom is -0.493 e. The Balaban J connectivity index is 1.55. The number of aryl methyl sites for hydroxylation is 2. The lowest BCUT2D eigenvalue weighted by Crippen LogP contribution is -2.20. The maximum atomic E-state index is 12.1. The Morgan fingerprint density at radius 2 is 1.54 bits per heavy atom. The van der Waals surface area contributed by atoms with Gasteiger partial charge in [-0.1, -0.05) is 12.1 Å². The largest absolute Gasteiger partial charge is 0.493 e. The van der Waals surface area contributed by atoms with Crippen molar-refractivity contribution in [2.45, 2.75) is 13.8 Å². The van der Waals surface area contributed by atoms with E-state index < -0.39 is 0 Å². The summed E-state index contributed by atoms with van der Waals surface area (Å²) in [5.74, 6) is 1.39. The average Bonchev–Trinajstić information content (AvgIpc) is 2.67. The normalized spacial score (nSPS) is 10.2. The van der Waals surface area contributed by atoms with Gasteiger partial charge in [-0.15, -0.1) is 0 Å². The van der Waals surface area contributed by atoms with Gasteiger partial charge in [-0.3, -0.25) is 4.79 Å². The monoisotopic (exact) mass is 378 g/mol. The summed E-state index contributed by atoms with van der Waals surface area (Å²) >= 11 is 0. The highest BCUT2D eigenvalue weighted by Crippen LogP contribution is 2.25. The molecule has 2 N–H and O–H groups in total. The molecule has 0 saturated heterocycles. The van der Waals surface area contributed by atoms with Crippen LogP contribution < -0.4 is 20.1 Å². The number of nitrogens with one attached hydrogen (secondary N) is 2. The van der Waals surface area contributed by atoms with Gasteiger partial charge in [0.15, 0.2) is 18.1 Å². The molecule has 144 valence electrons. The Labute approximate surface area is 163 Å². The maximum Gasteiger partial charge on any atom is 0.262 e. The van der Waals surface area contributed by atoms with Crippen LogP contribution in [0.4, 0.5) is 17.3 Å². The van der Waals surface area contributed by atoms with Gasteiger partial charge in [0.05, 0.1) is 7.11 Å². The molecule has 0 atom stereocenters. The van der Waals surface area contributed by atoms with Crippen molar-refractivity contribution in [3.05, 3.63) is 66.0 Å². The van der Waals surface area contributed by atoms with Crippen LogP contribution in [0.15, 0.2) is 54.6 Å². The smallest absolute Gasteiger partial charge is 0.262 e. The number of amides is 1. The summed E-state index contributed by atoms with van der Waals surface area (Å²) in [6.07, 6.45) is 0. The van der Waals surface area contributed by atoms with E-state index in [1.54, 1.807) is 31.4 Å². The van der Waals surface area contributed by atoms with Crippen LogP contribution in [0, 0.1) is 13.8 Å². The van der Waals surface area contributed by atoms with Crippen LogP contribution in [0.2, 0.25) is 0 Å². The van der Waals surface area contributed by atoms with Gasteiger partial charge < -0.3 is 20.1 Å². The molecule has 0 fully saturated rings. The number of hydrogen-bond donors (Lipinski definition) is 2. The van der Waals surface area contributed by atoms with Gasteiger partial charge in [0, 0.05) is 22.8 Å². The summed E-state index contributed by atoms with van der Waals surface area (Å²) in [6, 6.07) is 16.4. The molecule has 3 aromatic rings. The summed E-state index contributed by atoms with van der Waals surface area (Å²) in [5, 5.41) is 5.95. The molecule has 2 aromatic carbocycles. The van der Waals surface area contributed by atoms with Crippen molar-refractivity contribution in [1.29, 1.82) is 0 Å². The van der Waals surface area contributed by atoms with Crippen molar-refractivity contribution in [3.63, 3.8) is 0 Å². The number of nitrogens with zero attached hydrogens (tertiary/aromatic N) is 2. The molecule has 0 aliphatic carbocycles. The van der Waals surface area contributed by atoms with Gasteiger partial charge in [0.2, 0.25) is 5.95 Å². The van der Waals surface area contributed by atoms with Crippen molar-refractivity contribution in [2.24, 2.45) is 0 Å². The van der Waals surface area contributed by atoms with Crippen LogP contribution in [0.1, 0.15) is 11.4 Å². The van der Waals surface area contributed by atoms with E-state index in [-0.39, 0.29) is 12.5 Å². The van der Waals surface area contributed by atoms with E-state index in [1.165, 1.54) is 0 Å². The molecule has 0 aliphatic rings. The third kappa shape index (κ3) is 5.20. The molecule has 0 saturated carbocycles. The summed E-state index contributed by atoms with van der Waals surface area (Å²) < 4.78 is 10.7. The summed E-state index contributed by atoms with van der Waals surface area (Å²) in [7, 11) is 1.56. The van der Waals surface area contributed by atoms with Crippen molar-refractivity contribution in [3.8, 4) is 11.5 Å². The van der Waals surface area contributed by atoms with Gasteiger partial charge in [-0.05, 0) is 56.3 Å². The lowest BCUT2D eigenvalue weighted by atomic mass is 10.2. The van der Waals surface area contributed by atoms with Gasteiger partial charge in [-0.2, -0.15) is 0 Å². The Bertz CT molecular complexity index is 938. The minimum absolute atomic E-state index is 0.114. The van der Waals surface area contributed by atoms with E-state index in [2.05, 4.69) is 20.6 Å². The average molecular weight is 378 g/mol. The van der Waals surface area contributed by atoms with Crippen molar-refractivity contribution in [2.75, 3.05) is 24.4 Å². The minimum atomic E-state index is -0.260. The summed E-state index contributed by atoms with van der Waals surface area (Å²) in [4.78, 5) is 20.8. The van der Waals surface area contributed by atoms with Gasteiger partial charge in [0.1, 0.15) is 0 Å². The van der Waals surface area contributed by atoms with E-state index in [0.29, 0.717) is 23.1 Å². The first-order valence-corrected chi connectivity index (χ1v) is 8.78. The fourth-order valence-electron chi connectivity index (χ4n) is 2.63. The Morgan fingerprint density at radius 3 is 2.18 bits per heavy atom. The van der Waals surface area contributed by atoms with Crippen molar-refractivity contribution < 1.29 is 14.3 Å². The third-order valence-electron chi connectivity index (χ3n) is 3.83. The molecule has 0 aliphatic heterocycles. The van der Waals surface area contributed by atoms with E-state index in [1.807, 2.05) is 44.2 Å². The van der Waals surface area contributed by atoms with E-state index in [0.717, 1.165) is 17.1 Å². The maximum absolute atomic E-state index is 12.1. The van der Waals surface area contributed by atoms with E-state index >= 15 is 0 Å². The molecule has 0 unspecified atom stereocenters. The van der Waals surface area contributed by atoms with Crippen molar-refractivity contribution in [1.82, 2.24) is 9.97 Å². The highest BCUT2D eigenvalue weighted by atomic mass is 16.5. The Kier molecular flexibility index (Phi) is 6.06. The molecule has 3 rings (SSSR count). The highest BCUT2D eigenvalue weighted by molar-refractivity contribution is 5.92. The first-order valence-electron chi connectivity index (χ1n) is 8.78. The zero-order valence-corrected chi connectivity index (χ0v) is 16.0. The van der Waals surface area contributed by atoms with Crippen LogP contribution in [0.5, 0.6) is 11.5 Å². The number of ether oxygens (including phenoxy) is 2. The number of hydrogen-bond acceptors (Lipinski definition) is 6. The van der Waals surface area contributed by atoms with Crippen LogP contribution in [-0.4, -0.2) is 29.6 Å². The lowest BCUT2D eigenvalue weighted by molar-refractivity contribution is -0.118. The highest BCUT2D eigenvalue weighted by Gasteiger charge is 2.07. The zero-order chi connectivity index (χ0) is 19.9. The topological polar surface area (TPSA) is 85.4 Å². The molecule has 0 bridgehead atoms. The summed E-state index contributed by atoms with van der Waals surface area (Å²) in [5.41, 5.74) is 3.29. The molecule has 1 aromatic heterocycles. The Hall–Kier alpha value is -3.61. The van der Waals surface area contributed by atoms with Crippen LogP contribution in [0.25, 0.3) is 0 Å². The number of rotatable bonds is 7. The molecule has 28 heavy (non-hydrogen) atoms. The standard InChI is InChI=1S/C21H22N4O3/c1-14-12-15(2)23-21(22-14)25-17-10-8-16(9-11-17)24-20(26)13-28-19-7-5-4-6-18(19)27-3/h4-12H,13H2,1-3H3,(H,24,26)(H,22,23,25). The molecule has 7 heteroatoms. The quantitative estimate of drug-likeness (QED) is 0.649. The van der Waals surface area contributed by atoms with Gasteiger partial charge in [-0.25, -0.2) is 9.97 Å². The fourth-order valence-corrected chi connectivity index (χ4v) is 2.63. The second-order valence-corrected chi connectivity index (χ2v) is 6.16. The van der Waals surface area contributed by atoms with E-state index in [4.69, 9.17) is 9.47 Å². The number of benzene rings is 2. The molecule has 7 nitrogen and oxygen atoms in total. The van der Waals surface area contributed by atoms with Gasteiger partial charge >= 0.3 is 0 Å². The van der Waals surface area contributed by atoms with Crippen LogP contribution in [0.3, 0.4) is 0 Å². The molecule has 1 heterocycles. The number of para-hydroxylation sites is 2. The second-order valence-electron chi connectivity index (χ2n) is 6.16. The zero-order valence-electron chi connectivity index (χ0n) is 16.0. The predicted octanol–water partition coefficient (Wildman–Crippen LogP) is 3.86. The lowest BCUT2D eigenvalue weighted by Gasteiger charge is -2.11. The first kappa shape index (κ1) is 19.2. The second kappa shape index (κ2) is 8.85. The molecule has 0 spiro atoms. The van der Waals surface area contributed by atoms with Crippen LogP contribution >= 0.6 is 0 Å². The number of aromatic nitrogens is 2. The van der Waals surface area contributed by atoms with Crippen LogP contribution in [-0.2, 0) is 4.79 Å². The molecular weight excluding hydrogens is 356 g/mol. The number of methoxy groups -OCH3 is 1.